The maximum Gasteiger partial charge on any atom is 0.326 e. The fourth-order valence-corrected chi connectivity index (χ4v) is 3.58. The van der Waals surface area contributed by atoms with Crippen LogP contribution in [0.5, 0.6) is 0 Å². The number of rotatable bonds is 22. The van der Waals surface area contributed by atoms with E-state index >= 15 is 0 Å². The van der Waals surface area contributed by atoms with Crippen molar-refractivity contribution in [3.63, 3.8) is 0 Å². The van der Waals surface area contributed by atoms with Gasteiger partial charge in [-0.25, -0.2) is 9.59 Å². The molecule has 0 saturated carbocycles. The molecule has 0 rings (SSSR count). The van der Waals surface area contributed by atoms with Crippen LogP contribution in [-0.4, -0.2) is 63.2 Å². The van der Waals surface area contributed by atoms with E-state index in [9.17, 15) is 34.2 Å². The van der Waals surface area contributed by atoms with Crippen molar-refractivity contribution in [3.05, 3.63) is 0 Å². The molecule has 0 saturated heterocycles. The molecule has 7 N–H and O–H groups in total. The Kier molecular flexibility index (Phi) is 18.1. The van der Waals surface area contributed by atoms with Crippen LogP contribution in [0.4, 0.5) is 0 Å². The highest BCUT2D eigenvalue weighted by Gasteiger charge is 2.24. The lowest BCUT2D eigenvalue weighted by atomic mass is 10.0. The first-order valence-corrected chi connectivity index (χ1v) is 12.6. The number of hydrogen-bond donors (Lipinski definition) is 6. The van der Waals surface area contributed by atoms with E-state index in [-0.39, 0.29) is 44.4 Å². The summed E-state index contributed by atoms with van der Waals surface area (Å²) in [6.07, 6.45) is 9.85. The molecule has 0 aromatic carbocycles. The van der Waals surface area contributed by atoms with Gasteiger partial charge in [0.15, 0.2) is 0 Å². The Morgan fingerprint density at radius 3 is 1.54 bits per heavy atom. The highest BCUT2D eigenvalue weighted by molar-refractivity contribution is 5.86. The minimum atomic E-state index is -1.29. The maximum absolute atomic E-state index is 12.1. The molecular formula is C24H43N3O8. The molecule has 0 aliphatic rings. The second-order valence-electron chi connectivity index (χ2n) is 8.91. The van der Waals surface area contributed by atoms with Crippen molar-refractivity contribution in [2.45, 2.75) is 121 Å². The molecule has 0 aromatic heterocycles. The van der Waals surface area contributed by atoms with Crippen LogP contribution in [0.1, 0.15) is 103 Å². The molecule has 11 nitrogen and oxygen atoms in total. The minimum Gasteiger partial charge on any atom is -0.480 e. The summed E-state index contributed by atoms with van der Waals surface area (Å²) < 4.78 is 0. The topological polar surface area (TPSA) is 196 Å². The largest absolute Gasteiger partial charge is 0.480 e. The molecule has 202 valence electrons. The van der Waals surface area contributed by atoms with Gasteiger partial charge in [0.05, 0.1) is 0 Å². The van der Waals surface area contributed by atoms with Gasteiger partial charge in [-0.1, -0.05) is 58.3 Å². The number of carboxylic acids is 3. The third-order valence-electron chi connectivity index (χ3n) is 5.76. The number of hydrogen-bond acceptors (Lipinski definition) is 6. The van der Waals surface area contributed by atoms with Gasteiger partial charge in [0.25, 0.3) is 0 Å². The molecule has 35 heavy (non-hydrogen) atoms. The zero-order valence-corrected chi connectivity index (χ0v) is 20.8. The van der Waals surface area contributed by atoms with Crippen molar-refractivity contribution in [1.82, 2.24) is 10.6 Å². The van der Waals surface area contributed by atoms with Gasteiger partial charge in [-0.15, -0.1) is 0 Å². The Labute approximate surface area is 207 Å². The standard InChI is InChI=1S/C24H43N3O8/c1-2-3-4-5-6-7-8-9-10-14-20(28)27-19(24(34)35)15-16-21(29)26-18(23(32)33)13-11-12-17(25)22(30)31/h17-19H,2-16,25H2,1H3,(H,26,29)(H,27,28)(H,30,31)(H,32,33)(H,34,35)/t17?,18?,19-/m1/s1. The van der Waals surface area contributed by atoms with E-state index < -0.39 is 41.9 Å². The molecule has 3 atom stereocenters. The zero-order chi connectivity index (χ0) is 26.6. The van der Waals surface area contributed by atoms with Crippen LogP contribution in [0.3, 0.4) is 0 Å². The monoisotopic (exact) mass is 501 g/mol. The number of aliphatic carboxylic acids is 3. The molecule has 0 bridgehead atoms. The van der Waals surface area contributed by atoms with E-state index in [0.717, 1.165) is 19.3 Å². The lowest BCUT2D eigenvalue weighted by Gasteiger charge is -2.17. The number of nitrogens with two attached hydrogens (primary N) is 1. The number of unbranched alkanes of at least 4 members (excludes halogenated alkanes) is 8. The predicted octanol–water partition coefficient (Wildman–Crippen LogP) is 2.41. The average molecular weight is 502 g/mol. The Morgan fingerprint density at radius 1 is 0.600 bits per heavy atom. The van der Waals surface area contributed by atoms with E-state index in [4.69, 9.17) is 10.8 Å². The first kappa shape index (κ1) is 32.3. The van der Waals surface area contributed by atoms with Gasteiger partial charge in [-0.3, -0.25) is 14.4 Å². The summed E-state index contributed by atoms with van der Waals surface area (Å²) >= 11 is 0. The maximum atomic E-state index is 12.1. The summed E-state index contributed by atoms with van der Waals surface area (Å²) in [7, 11) is 0. The normalized spacial score (nSPS) is 13.4. The summed E-state index contributed by atoms with van der Waals surface area (Å²) in [5.74, 6) is -4.80. The summed E-state index contributed by atoms with van der Waals surface area (Å²) in [5, 5.41) is 32.1. The van der Waals surface area contributed by atoms with Crippen LogP contribution in [0.2, 0.25) is 0 Å². The third kappa shape index (κ3) is 17.4. The van der Waals surface area contributed by atoms with E-state index in [1.807, 2.05) is 0 Å². The lowest BCUT2D eigenvalue weighted by Crippen LogP contribution is -2.44. The molecule has 0 fully saturated rings. The molecule has 0 aliphatic carbocycles. The summed E-state index contributed by atoms with van der Waals surface area (Å²) in [6, 6.07) is -3.60. The van der Waals surface area contributed by atoms with Crippen molar-refractivity contribution in [3.8, 4) is 0 Å². The van der Waals surface area contributed by atoms with Crippen LogP contribution in [0, 0.1) is 0 Å². The quantitative estimate of drug-likeness (QED) is 0.121. The minimum absolute atomic E-state index is 0.0140. The smallest absolute Gasteiger partial charge is 0.326 e. The van der Waals surface area contributed by atoms with Crippen LogP contribution < -0.4 is 16.4 Å². The van der Waals surface area contributed by atoms with Gasteiger partial charge >= 0.3 is 17.9 Å². The third-order valence-corrected chi connectivity index (χ3v) is 5.76. The fraction of sp³-hybridized carbons (Fsp3) is 0.792. The number of nitrogens with one attached hydrogen (secondary N) is 2. The van der Waals surface area contributed by atoms with E-state index in [1.165, 1.54) is 32.1 Å². The van der Waals surface area contributed by atoms with Crippen LogP contribution in [0.15, 0.2) is 0 Å². The van der Waals surface area contributed by atoms with Crippen molar-refractivity contribution >= 4 is 29.7 Å². The Balaban J connectivity index is 4.28. The Bertz CT molecular complexity index is 671. The zero-order valence-electron chi connectivity index (χ0n) is 20.8. The Morgan fingerprint density at radius 2 is 1.06 bits per heavy atom. The molecule has 0 heterocycles. The molecule has 0 radical (unpaired) electrons. The highest BCUT2D eigenvalue weighted by Crippen LogP contribution is 2.11. The number of carbonyl (C=O) groups is 5. The van der Waals surface area contributed by atoms with E-state index in [0.29, 0.717) is 6.42 Å². The summed E-state index contributed by atoms with van der Waals surface area (Å²) in [4.78, 5) is 57.8. The number of carboxylic acid groups (broad SMARTS) is 3. The Hall–Kier alpha value is -2.69. The molecule has 11 heteroatoms. The predicted molar refractivity (Wildman–Crippen MR) is 130 cm³/mol. The molecule has 0 aromatic rings. The number of carbonyl (C=O) groups excluding carboxylic acids is 2. The van der Waals surface area contributed by atoms with Crippen molar-refractivity contribution < 1.29 is 39.3 Å². The average Bonchev–Trinajstić information content (AvgIpc) is 2.79. The van der Waals surface area contributed by atoms with E-state index in [2.05, 4.69) is 17.6 Å². The van der Waals surface area contributed by atoms with Crippen LogP contribution in [0.25, 0.3) is 0 Å². The van der Waals surface area contributed by atoms with Gasteiger partial charge in [-0.05, 0) is 32.1 Å². The van der Waals surface area contributed by atoms with Gasteiger partial charge in [-0.2, -0.15) is 0 Å². The van der Waals surface area contributed by atoms with Crippen molar-refractivity contribution in [2.24, 2.45) is 5.73 Å². The first-order valence-electron chi connectivity index (χ1n) is 12.6. The first-order chi connectivity index (χ1) is 16.6. The highest BCUT2D eigenvalue weighted by atomic mass is 16.4. The van der Waals surface area contributed by atoms with Crippen LogP contribution in [-0.2, 0) is 24.0 Å². The van der Waals surface area contributed by atoms with Crippen LogP contribution >= 0.6 is 0 Å². The van der Waals surface area contributed by atoms with Gasteiger partial charge in [0, 0.05) is 12.8 Å². The van der Waals surface area contributed by atoms with Gasteiger partial charge < -0.3 is 31.7 Å². The second-order valence-corrected chi connectivity index (χ2v) is 8.91. The van der Waals surface area contributed by atoms with Crippen molar-refractivity contribution in [2.75, 3.05) is 0 Å². The number of amides is 2. The van der Waals surface area contributed by atoms with E-state index in [1.54, 1.807) is 0 Å². The molecule has 2 amide bonds. The molecule has 0 spiro atoms. The molecule has 0 aliphatic heterocycles. The molecular weight excluding hydrogens is 458 g/mol. The summed E-state index contributed by atoms with van der Waals surface area (Å²) in [5.41, 5.74) is 5.38. The second kappa shape index (κ2) is 19.6. The van der Waals surface area contributed by atoms with Crippen molar-refractivity contribution in [1.29, 1.82) is 0 Å². The van der Waals surface area contributed by atoms with Gasteiger partial charge in [0.1, 0.15) is 18.1 Å². The summed E-state index contributed by atoms with van der Waals surface area (Å²) in [6.45, 7) is 2.18. The van der Waals surface area contributed by atoms with Gasteiger partial charge in [0.2, 0.25) is 11.8 Å². The fourth-order valence-electron chi connectivity index (χ4n) is 3.58. The lowest BCUT2D eigenvalue weighted by molar-refractivity contribution is -0.143. The SMILES string of the molecule is CCCCCCCCCCCC(=O)N[C@H](CCC(=O)NC(CCCC(N)C(=O)O)C(=O)O)C(=O)O. The molecule has 2 unspecified atom stereocenters.